The van der Waals surface area contributed by atoms with Gasteiger partial charge in [-0.25, -0.2) is 0 Å². The summed E-state index contributed by atoms with van der Waals surface area (Å²) in [6.45, 7) is 1.41. The maximum atomic E-state index is 11.9. The van der Waals surface area contributed by atoms with E-state index in [2.05, 4.69) is 10.6 Å². The first-order valence-electron chi connectivity index (χ1n) is 5.46. The zero-order chi connectivity index (χ0) is 13.8. The van der Waals surface area contributed by atoms with Crippen molar-refractivity contribution in [1.29, 1.82) is 0 Å². The van der Waals surface area contributed by atoms with Crippen LogP contribution in [-0.4, -0.2) is 55.2 Å². The molecule has 0 aromatic rings. The number of aliphatic carboxylic acids is 1. The van der Waals surface area contributed by atoms with Gasteiger partial charge in [-0.05, 0) is 6.92 Å². The van der Waals surface area contributed by atoms with Gasteiger partial charge in [0, 0.05) is 6.04 Å². The van der Waals surface area contributed by atoms with Crippen molar-refractivity contribution in [1.82, 2.24) is 10.6 Å². The van der Waals surface area contributed by atoms with Crippen LogP contribution in [0.1, 0.15) is 6.92 Å². The first kappa shape index (κ1) is 14.4. The molecule has 0 aliphatic carbocycles. The number of nitrogens with two attached hydrogens (primary N) is 1. The Balaban J connectivity index is 2.37. The van der Waals surface area contributed by atoms with E-state index in [1.54, 1.807) is 6.92 Å². The Kier molecular flexibility index (Phi) is 4.62. The lowest BCUT2D eigenvalue weighted by atomic mass is 9.85. The number of hydrogen-bond acceptors (Lipinski definition) is 5. The Labute approximate surface area is 104 Å². The summed E-state index contributed by atoms with van der Waals surface area (Å²) in [6.07, 6.45) is 0. The van der Waals surface area contributed by atoms with Crippen LogP contribution in [0, 0.1) is 5.41 Å². The highest BCUT2D eigenvalue weighted by Gasteiger charge is 2.44. The summed E-state index contributed by atoms with van der Waals surface area (Å²) < 4.78 is 5.12. The summed E-state index contributed by atoms with van der Waals surface area (Å²) in [6, 6.07) is -0.417. The van der Waals surface area contributed by atoms with Crippen LogP contribution in [0.4, 0.5) is 0 Å². The van der Waals surface area contributed by atoms with Crippen molar-refractivity contribution < 1.29 is 24.2 Å². The Hall–Kier alpha value is -1.67. The van der Waals surface area contributed by atoms with E-state index in [4.69, 9.17) is 15.6 Å². The second-order valence-corrected chi connectivity index (χ2v) is 4.39. The Bertz CT molecular complexity index is 359. The fourth-order valence-corrected chi connectivity index (χ4v) is 1.52. The van der Waals surface area contributed by atoms with Gasteiger partial charge in [-0.15, -0.1) is 0 Å². The molecule has 0 bridgehead atoms. The molecule has 0 radical (unpaired) electrons. The molecule has 0 aromatic carbocycles. The molecular weight excluding hydrogens is 242 g/mol. The molecule has 5 N–H and O–H groups in total. The highest BCUT2D eigenvalue weighted by atomic mass is 16.5. The maximum Gasteiger partial charge on any atom is 0.322 e. The minimum atomic E-state index is -1.15. The number of rotatable bonds is 5. The summed E-state index contributed by atoms with van der Waals surface area (Å²) in [5.41, 5.74) is 4.90. The minimum absolute atomic E-state index is 0.205. The number of hydrogen-bond donors (Lipinski definition) is 4. The van der Waals surface area contributed by atoms with E-state index in [0.29, 0.717) is 6.61 Å². The Morgan fingerprint density at radius 1 is 1.39 bits per heavy atom. The molecule has 1 aliphatic rings. The van der Waals surface area contributed by atoms with Gasteiger partial charge in [-0.3, -0.25) is 14.4 Å². The van der Waals surface area contributed by atoms with Crippen LogP contribution in [0.3, 0.4) is 0 Å². The lowest BCUT2D eigenvalue weighted by Crippen LogP contribution is -2.51. The van der Waals surface area contributed by atoms with Crippen LogP contribution in [0.5, 0.6) is 0 Å². The minimum Gasteiger partial charge on any atom is -0.480 e. The number of carbonyl (C=O) groups excluding carboxylic acids is 2. The average Bonchev–Trinajstić information content (AvgIpc) is 2.65. The summed E-state index contributed by atoms with van der Waals surface area (Å²) in [5.74, 6) is -2.09. The molecule has 102 valence electrons. The molecular formula is C10H17N3O5. The van der Waals surface area contributed by atoms with Crippen molar-refractivity contribution in [2.24, 2.45) is 11.1 Å². The lowest BCUT2D eigenvalue weighted by Gasteiger charge is -2.25. The fraction of sp³-hybridized carbons (Fsp3) is 0.700. The monoisotopic (exact) mass is 259 g/mol. The molecule has 0 aromatic heterocycles. The van der Waals surface area contributed by atoms with Crippen LogP contribution in [0.15, 0.2) is 0 Å². The van der Waals surface area contributed by atoms with Gasteiger partial charge in [0.15, 0.2) is 0 Å². The molecule has 0 saturated carbocycles. The number of carboxylic acid groups (broad SMARTS) is 1. The maximum absolute atomic E-state index is 11.9. The fourth-order valence-electron chi connectivity index (χ4n) is 1.52. The molecule has 2 unspecified atom stereocenters. The third kappa shape index (κ3) is 3.41. The molecule has 2 amide bonds. The SMILES string of the molecule is CC1(C(=O)NCC(=O)NCC(=O)O)COCC1N. The lowest BCUT2D eigenvalue weighted by molar-refractivity contribution is -0.138. The first-order valence-corrected chi connectivity index (χ1v) is 5.46. The topological polar surface area (TPSA) is 131 Å². The Morgan fingerprint density at radius 2 is 2.06 bits per heavy atom. The van der Waals surface area contributed by atoms with E-state index < -0.39 is 29.9 Å². The predicted octanol–water partition coefficient (Wildman–Crippen LogP) is -2.33. The molecule has 8 heteroatoms. The smallest absolute Gasteiger partial charge is 0.322 e. The van der Waals surface area contributed by atoms with Gasteiger partial charge < -0.3 is 26.2 Å². The first-order chi connectivity index (χ1) is 8.36. The normalized spacial score (nSPS) is 26.7. The van der Waals surface area contributed by atoms with Gasteiger partial charge in [-0.1, -0.05) is 0 Å². The van der Waals surface area contributed by atoms with E-state index >= 15 is 0 Å². The zero-order valence-electron chi connectivity index (χ0n) is 10.1. The standard InChI is InChI=1S/C10H17N3O5/c1-10(5-18-4-6(10)11)9(17)13-2-7(14)12-3-8(15)16/h6H,2-5,11H2,1H3,(H,12,14)(H,13,17)(H,15,16). The third-order valence-electron chi connectivity index (χ3n) is 2.88. The van der Waals surface area contributed by atoms with Crippen molar-refractivity contribution in [3.05, 3.63) is 0 Å². The van der Waals surface area contributed by atoms with Gasteiger partial charge in [0.1, 0.15) is 6.54 Å². The number of carboxylic acids is 1. The zero-order valence-corrected chi connectivity index (χ0v) is 10.1. The highest BCUT2D eigenvalue weighted by molar-refractivity contribution is 5.89. The summed E-state index contributed by atoms with van der Waals surface area (Å²) in [7, 11) is 0. The van der Waals surface area contributed by atoms with Crippen molar-refractivity contribution >= 4 is 17.8 Å². The summed E-state index contributed by atoms with van der Waals surface area (Å²) in [4.78, 5) is 33.3. The van der Waals surface area contributed by atoms with Gasteiger partial charge >= 0.3 is 5.97 Å². The number of carbonyl (C=O) groups is 3. The molecule has 2 atom stereocenters. The molecule has 8 nitrogen and oxygen atoms in total. The van der Waals surface area contributed by atoms with Crippen molar-refractivity contribution in [3.63, 3.8) is 0 Å². The average molecular weight is 259 g/mol. The summed E-state index contributed by atoms with van der Waals surface area (Å²) in [5, 5.41) is 12.9. The van der Waals surface area contributed by atoms with Gasteiger partial charge in [-0.2, -0.15) is 0 Å². The molecule has 1 heterocycles. The van der Waals surface area contributed by atoms with Crippen LogP contribution >= 0.6 is 0 Å². The molecule has 1 rings (SSSR count). The number of amides is 2. The second kappa shape index (κ2) is 5.78. The van der Waals surface area contributed by atoms with E-state index in [0.717, 1.165) is 0 Å². The molecule has 0 spiro atoms. The van der Waals surface area contributed by atoms with Crippen molar-refractivity contribution in [2.75, 3.05) is 26.3 Å². The van der Waals surface area contributed by atoms with Crippen LogP contribution in [0.2, 0.25) is 0 Å². The van der Waals surface area contributed by atoms with Crippen LogP contribution in [0.25, 0.3) is 0 Å². The predicted molar refractivity (Wildman–Crippen MR) is 60.6 cm³/mol. The highest BCUT2D eigenvalue weighted by Crippen LogP contribution is 2.26. The van der Waals surface area contributed by atoms with E-state index in [1.807, 2.05) is 0 Å². The van der Waals surface area contributed by atoms with Crippen molar-refractivity contribution in [2.45, 2.75) is 13.0 Å². The molecule has 1 aliphatic heterocycles. The van der Waals surface area contributed by atoms with Crippen LogP contribution < -0.4 is 16.4 Å². The van der Waals surface area contributed by atoms with Gasteiger partial charge in [0.05, 0.1) is 25.2 Å². The molecule has 1 fully saturated rings. The van der Waals surface area contributed by atoms with E-state index in [9.17, 15) is 14.4 Å². The largest absolute Gasteiger partial charge is 0.480 e. The summed E-state index contributed by atoms with van der Waals surface area (Å²) >= 11 is 0. The second-order valence-electron chi connectivity index (χ2n) is 4.39. The molecule has 1 saturated heterocycles. The third-order valence-corrected chi connectivity index (χ3v) is 2.88. The van der Waals surface area contributed by atoms with E-state index in [1.165, 1.54) is 0 Å². The molecule has 18 heavy (non-hydrogen) atoms. The number of ether oxygens (including phenoxy) is 1. The quantitative estimate of drug-likeness (QED) is 0.438. The number of nitrogens with one attached hydrogen (secondary N) is 2. The van der Waals surface area contributed by atoms with Gasteiger partial charge in [0.25, 0.3) is 0 Å². The van der Waals surface area contributed by atoms with Crippen LogP contribution in [-0.2, 0) is 19.1 Å². The van der Waals surface area contributed by atoms with Gasteiger partial charge in [0.2, 0.25) is 11.8 Å². The Morgan fingerprint density at radius 3 is 2.56 bits per heavy atom. The van der Waals surface area contributed by atoms with E-state index in [-0.39, 0.29) is 19.1 Å². The van der Waals surface area contributed by atoms with Crippen molar-refractivity contribution in [3.8, 4) is 0 Å².